The third-order valence-corrected chi connectivity index (χ3v) is 5.03. The van der Waals surface area contributed by atoms with Crippen molar-refractivity contribution < 1.29 is 19.1 Å². The molecule has 28 heavy (non-hydrogen) atoms. The summed E-state index contributed by atoms with van der Waals surface area (Å²) >= 11 is 5.80. The van der Waals surface area contributed by atoms with E-state index in [1.54, 1.807) is 39.8 Å². The lowest BCUT2D eigenvalue weighted by molar-refractivity contribution is -0.184. The predicted molar refractivity (Wildman–Crippen MR) is 105 cm³/mol. The predicted octanol–water partition coefficient (Wildman–Crippen LogP) is 4.29. The fourth-order valence-corrected chi connectivity index (χ4v) is 3.62. The molecule has 0 saturated carbocycles. The molecule has 1 aromatic heterocycles. The van der Waals surface area contributed by atoms with Crippen LogP contribution in [0.2, 0.25) is 5.02 Å². The Labute approximate surface area is 169 Å². The van der Waals surface area contributed by atoms with E-state index in [1.165, 1.54) is 12.4 Å². The quantitative estimate of drug-likeness (QED) is 0.709. The Bertz CT molecular complexity index is 897. The number of aromatic nitrogens is 2. The van der Waals surface area contributed by atoms with Gasteiger partial charge in [0.15, 0.2) is 11.6 Å². The largest absolute Gasteiger partial charge is 0.424 e. The van der Waals surface area contributed by atoms with Crippen molar-refractivity contribution in [3.8, 4) is 11.8 Å². The number of carbonyl (C=O) groups excluding carboxylic acids is 2. The van der Waals surface area contributed by atoms with Gasteiger partial charge in [-0.3, -0.25) is 9.59 Å². The van der Waals surface area contributed by atoms with Gasteiger partial charge in [-0.25, -0.2) is 9.97 Å². The Kier molecular flexibility index (Phi) is 5.30. The van der Waals surface area contributed by atoms with Crippen LogP contribution in [0.5, 0.6) is 11.8 Å². The number of rotatable bonds is 4. The number of aryl methyl sites for hydroxylation is 1. The number of hydrogen-bond acceptors (Lipinski definition) is 6. The molecule has 7 heteroatoms. The van der Waals surface area contributed by atoms with Crippen LogP contribution in [0.4, 0.5) is 0 Å². The molecule has 0 radical (unpaired) electrons. The van der Waals surface area contributed by atoms with Crippen LogP contribution >= 0.6 is 11.6 Å². The molecular formula is C21H23ClN2O4. The zero-order valence-corrected chi connectivity index (χ0v) is 17.3. The van der Waals surface area contributed by atoms with E-state index in [9.17, 15) is 9.59 Å². The molecule has 148 valence electrons. The summed E-state index contributed by atoms with van der Waals surface area (Å²) in [7, 11) is 0. The summed E-state index contributed by atoms with van der Waals surface area (Å²) in [5.74, 6) is -0.988. The van der Waals surface area contributed by atoms with Crippen molar-refractivity contribution in [3.05, 3.63) is 46.7 Å². The van der Waals surface area contributed by atoms with Crippen molar-refractivity contribution in [2.24, 2.45) is 0 Å². The van der Waals surface area contributed by atoms with Crippen molar-refractivity contribution in [1.29, 1.82) is 0 Å². The standard InChI is InChI=1S/C21H23ClN2O4/c1-6-12-7-8-14(27-19-23-10-13(22)11-24-19)9-15(12)16-17(25)20(2,3)28-21(4,5)18(16)26/h7-11,16H,6H2,1-5H3. The first kappa shape index (κ1) is 20.4. The van der Waals surface area contributed by atoms with Crippen LogP contribution in [0, 0.1) is 0 Å². The Morgan fingerprint density at radius 2 is 1.64 bits per heavy atom. The molecule has 0 N–H and O–H groups in total. The van der Waals surface area contributed by atoms with Crippen LogP contribution in [0.15, 0.2) is 30.6 Å². The first-order valence-corrected chi connectivity index (χ1v) is 9.50. The van der Waals surface area contributed by atoms with Crippen LogP contribution in [-0.4, -0.2) is 32.7 Å². The maximum Gasteiger partial charge on any atom is 0.321 e. The van der Waals surface area contributed by atoms with E-state index < -0.39 is 17.1 Å². The number of ketones is 2. The third kappa shape index (κ3) is 3.80. The number of halogens is 1. The lowest BCUT2D eigenvalue weighted by atomic mass is 9.73. The zero-order chi connectivity index (χ0) is 20.7. The molecule has 1 aromatic carbocycles. The lowest BCUT2D eigenvalue weighted by Gasteiger charge is -2.43. The van der Waals surface area contributed by atoms with Gasteiger partial charge in [0.2, 0.25) is 0 Å². The summed E-state index contributed by atoms with van der Waals surface area (Å²) in [5, 5.41) is 0.400. The molecule has 6 nitrogen and oxygen atoms in total. The number of carbonyl (C=O) groups is 2. The second kappa shape index (κ2) is 7.26. The van der Waals surface area contributed by atoms with Gasteiger partial charge in [-0.15, -0.1) is 0 Å². The molecule has 0 spiro atoms. The van der Waals surface area contributed by atoms with E-state index in [0.717, 1.165) is 5.56 Å². The first-order valence-electron chi connectivity index (χ1n) is 9.12. The summed E-state index contributed by atoms with van der Waals surface area (Å²) < 4.78 is 11.5. The minimum atomic E-state index is -1.07. The number of nitrogens with zero attached hydrogens (tertiary/aromatic N) is 2. The molecule has 0 aliphatic carbocycles. The van der Waals surface area contributed by atoms with Crippen LogP contribution in [-0.2, 0) is 20.7 Å². The Morgan fingerprint density at radius 3 is 2.18 bits per heavy atom. The average molecular weight is 403 g/mol. The van der Waals surface area contributed by atoms with Gasteiger partial charge in [-0.05, 0) is 57.4 Å². The maximum atomic E-state index is 13.1. The molecular weight excluding hydrogens is 380 g/mol. The summed E-state index contributed by atoms with van der Waals surface area (Å²) in [6.07, 6.45) is 3.54. The first-order chi connectivity index (χ1) is 13.0. The highest BCUT2D eigenvalue weighted by molar-refractivity contribution is 6.30. The highest BCUT2D eigenvalue weighted by Gasteiger charge is 2.53. The molecule has 1 saturated heterocycles. The van der Waals surface area contributed by atoms with Crippen molar-refractivity contribution in [3.63, 3.8) is 0 Å². The van der Waals surface area contributed by atoms with Crippen LogP contribution < -0.4 is 4.74 Å². The Hall–Kier alpha value is -2.31. The molecule has 2 aromatic rings. The molecule has 0 bridgehead atoms. The molecule has 1 aliphatic heterocycles. The van der Waals surface area contributed by atoms with Crippen LogP contribution in [0.25, 0.3) is 0 Å². The van der Waals surface area contributed by atoms with Gasteiger partial charge < -0.3 is 9.47 Å². The highest BCUT2D eigenvalue weighted by atomic mass is 35.5. The Morgan fingerprint density at radius 1 is 1.07 bits per heavy atom. The Balaban J connectivity index is 2.05. The number of benzene rings is 1. The molecule has 2 heterocycles. The van der Waals surface area contributed by atoms with Crippen molar-refractivity contribution >= 4 is 23.2 Å². The highest BCUT2D eigenvalue weighted by Crippen LogP contribution is 2.40. The van der Waals surface area contributed by atoms with E-state index >= 15 is 0 Å². The molecule has 1 fully saturated rings. The van der Waals surface area contributed by atoms with E-state index in [2.05, 4.69) is 9.97 Å². The van der Waals surface area contributed by atoms with Gasteiger partial charge in [-0.2, -0.15) is 0 Å². The zero-order valence-electron chi connectivity index (χ0n) is 16.6. The van der Waals surface area contributed by atoms with Crippen molar-refractivity contribution in [1.82, 2.24) is 9.97 Å². The number of ether oxygens (including phenoxy) is 2. The fraction of sp³-hybridized carbons (Fsp3) is 0.429. The molecule has 3 rings (SSSR count). The van der Waals surface area contributed by atoms with E-state index in [1.807, 2.05) is 13.0 Å². The van der Waals surface area contributed by atoms with Gasteiger partial charge >= 0.3 is 6.01 Å². The molecule has 0 atom stereocenters. The number of hydrogen-bond donors (Lipinski definition) is 0. The maximum absolute atomic E-state index is 13.1. The summed E-state index contributed by atoms with van der Waals surface area (Å²) in [6.45, 7) is 8.77. The summed E-state index contributed by atoms with van der Waals surface area (Å²) in [6, 6.07) is 5.47. The second-order valence-electron chi connectivity index (χ2n) is 7.78. The number of Topliss-reactive ketones (excluding diaryl/α,β-unsaturated/α-hetero) is 2. The second-order valence-corrected chi connectivity index (χ2v) is 8.22. The van der Waals surface area contributed by atoms with Crippen molar-refractivity contribution in [2.75, 3.05) is 0 Å². The molecule has 0 amide bonds. The minimum Gasteiger partial charge on any atom is -0.424 e. The fourth-order valence-electron chi connectivity index (χ4n) is 3.52. The van der Waals surface area contributed by atoms with Gasteiger partial charge in [0.1, 0.15) is 22.9 Å². The third-order valence-electron chi connectivity index (χ3n) is 4.84. The summed E-state index contributed by atoms with van der Waals surface area (Å²) in [4.78, 5) is 34.2. The van der Waals surface area contributed by atoms with E-state index in [-0.39, 0.29) is 17.6 Å². The van der Waals surface area contributed by atoms with Crippen LogP contribution in [0.3, 0.4) is 0 Å². The van der Waals surface area contributed by atoms with Gasteiger partial charge in [0.25, 0.3) is 0 Å². The van der Waals surface area contributed by atoms with Gasteiger partial charge in [0.05, 0.1) is 17.4 Å². The average Bonchev–Trinajstić information content (AvgIpc) is 2.62. The topological polar surface area (TPSA) is 78.4 Å². The molecule has 0 unspecified atom stereocenters. The minimum absolute atomic E-state index is 0.130. The van der Waals surface area contributed by atoms with E-state index in [0.29, 0.717) is 22.8 Å². The van der Waals surface area contributed by atoms with Gasteiger partial charge in [0, 0.05) is 0 Å². The SMILES string of the molecule is CCc1ccc(Oc2ncc(Cl)cn2)cc1C1C(=O)C(C)(C)OC(C)(C)C1=O. The van der Waals surface area contributed by atoms with Crippen molar-refractivity contribution in [2.45, 2.75) is 58.2 Å². The normalized spacial score (nSPS) is 18.9. The lowest BCUT2D eigenvalue weighted by Crippen LogP contribution is -2.58. The van der Waals surface area contributed by atoms with E-state index in [4.69, 9.17) is 21.1 Å². The molecule has 1 aliphatic rings. The van der Waals surface area contributed by atoms with Crippen LogP contribution in [0.1, 0.15) is 51.7 Å². The monoisotopic (exact) mass is 402 g/mol. The van der Waals surface area contributed by atoms with Gasteiger partial charge in [-0.1, -0.05) is 24.6 Å². The summed E-state index contributed by atoms with van der Waals surface area (Å²) in [5.41, 5.74) is -0.593. The smallest absolute Gasteiger partial charge is 0.321 e.